The maximum atomic E-state index is 5.39. The molecule has 0 fully saturated rings. The van der Waals surface area contributed by atoms with Crippen LogP contribution >= 0.6 is 24.0 Å². The normalized spacial score (nSPS) is 10.7. The van der Waals surface area contributed by atoms with Gasteiger partial charge >= 0.3 is 0 Å². The standard InChI is InChI=1S/C19H29N3O.HI/c1-4-22(5-2)13-8-6-7-11-20-18-15-17(23-3)14-16-10-9-12-21-19(16)18;/h9-10,12,14-15,20H,4-8,11,13H2,1-3H3;1H. The first-order valence-corrected chi connectivity index (χ1v) is 8.67. The van der Waals surface area contributed by atoms with Crippen molar-refractivity contribution >= 4 is 40.6 Å². The summed E-state index contributed by atoms with van der Waals surface area (Å²) in [5, 5.41) is 4.63. The van der Waals surface area contributed by atoms with Crippen LogP contribution in [0.3, 0.4) is 0 Å². The van der Waals surface area contributed by atoms with E-state index in [1.807, 2.05) is 24.4 Å². The number of pyridine rings is 1. The summed E-state index contributed by atoms with van der Waals surface area (Å²) in [6, 6.07) is 8.09. The Morgan fingerprint density at radius 3 is 2.62 bits per heavy atom. The van der Waals surface area contributed by atoms with Gasteiger partial charge in [-0.1, -0.05) is 26.3 Å². The van der Waals surface area contributed by atoms with E-state index in [0.29, 0.717) is 0 Å². The lowest BCUT2D eigenvalue weighted by Gasteiger charge is -2.17. The SMILES string of the molecule is CCN(CC)CCCCCNc1cc(OC)cc2cccnc12.I. The van der Waals surface area contributed by atoms with Crippen LogP contribution in [-0.4, -0.2) is 43.2 Å². The van der Waals surface area contributed by atoms with Crippen molar-refractivity contribution in [3.05, 3.63) is 30.5 Å². The van der Waals surface area contributed by atoms with E-state index in [2.05, 4.69) is 35.1 Å². The molecule has 0 aliphatic heterocycles. The molecule has 0 aliphatic rings. The molecule has 0 saturated carbocycles. The van der Waals surface area contributed by atoms with Gasteiger partial charge in [-0.15, -0.1) is 24.0 Å². The van der Waals surface area contributed by atoms with Crippen LogP contribution in [0.4, 0.5) is 5.69 Å². The Bertz CT molecular complexity index is 602. The van der Waals surface area contributed by atoms with E-state index in [4.69, 9.17) is 4.74 Å². The molecule has 134 valence electrons. The Morgan fingerprint density at radius 2 is 1.92 bits per heavy atom. The van der Waals surface area contributed by atoms with Crippen molar-refractivity contribution in [3.8, 4) is 5.75 Å². The number of nitrogens with one attached hydrogen (secondary N) is 1. The maximum Gasteiger partial charge on any atom is 0.121 e. The third kappa shape index (κ3) is 6.09. The number of methoxy groups -OCH3 is 1. The molecular weight excluding hydrogens is 413 g/mol. The minimum atomic E-state index is 0. The van der Waals surface area contributed by atoms with Gasteiger partial charge in [-0.05, 0) is 44.6 Å². The van der Waals surface area contributed by atoms with E-state index in [0.717, 1.165) is 42.0 Å². The van der Waals surface area contributed by atoms with Gasteiger partial charge in [-0.25, -0.2) is 0 Å². The van der Waals surface area contributed by atoms with Crippen LogP contribution in [0.25, 0.3) is 10.9 Å². The number of rotatable bonds is 10. The minimum absolute atomic E-state index is 0. The molecule has 0 saturated heterocycles. The summed E-state index contributed by atoms with van der Waals surface area (Å²) in [6.45, 7) is 8.93. The lowest BCUT2D eigenvalue weighted by molar-refractivity contribution is 0.296. The Kier molecular flexibility index (Phi) is 10.0. The molecule has 2 rings (SSSR count). The van der Waals surface area contributed by atoms with Crippen LogP contribution in [0.15, 0.2) is 30.5 Å². The van der Waals surface area contributed by atoms with Crippen molar-refractivity contribution in [1.82, 2.24) is 9.88 Å². The van der Waals surface area contributed by atoms with Crippen molar-refractivity contribution in [2.45, 2.75) is 33.1 Å². The van der Waals surface area contributed by atoms with Crippen LogP contribution in [0.2, 0.25) is 0 Å². The van der Waals surface area contributed by atoms with Gasteiger partial charge in [0.15, 0.2) is 0 Å². The Balaban J connectivity index is 0.00000288. The first kappa shape index (κ1) is 21.0. The molecule has 1 N–H and O–H groups in total. The summed E-state index contributed by atoms with van der Waals surface area (Å²) in [5.74, 6) is 0.870. The predicted octanol–water partition coefficient (Wildman–Crippen LogP) is 4.79. The number of anilines is 1. The van der Waals surface area contributed by atoms with E-state index in [9.17, 15) is 0 Å². The zero-order valence-corrected chi connectivity index (χ0v) is 17.4. The molecule has 1 heterocycles. The molecule has 24 heavy (non-hydrogen) atoms. The van der Waals surface area contributed by atoms with Gasteiger partial charge in [0.05, 0.1) is 18.3 Å². The molecule has 5 heteroatoms. The van der Waals surface area contributed by atoms with E-state index in [1.165, 1.54) is 25.8 Å². The van der Waals surface area contributed by atoms with Crippen molar-refractivity contribution in [2.24, 2.45) is 0 Å². The quantitative estimate of drug-likeness (QED) is 0.424. The van der Waals surface area contributed by atoms with Gasteiger partial charge in [0.25, 0.3) is 0 Å². The van der Waals surface area contributed by atoms with Crippen LogP contribution < -0.4 is 10.1 Å². The van der Waals surface area contributed by atoms with Gasteiger partial charge in [0.2, 0.25) is 0 Å². The van der Waals surface area contributed by atoms with Crippen LogP contribution in [-0.2, 0) is 0 Å². The summed E-state index contributed by atoms with van der Waals surface area (Å²) >= 11 is 0. The molecule has 0 amide bonds. The number of hydrogen-bond donors (Lipinski definition) is 1. The smallest absolute Gasteiger partial charge is 0.121 e. The highest BCUT2D eigenvalue weighted by atomic mass is 127. The number of unbranched alkanes of at least 4 members (excludes halogenated alkanes) is 2. The fourth-order valence-corrected chi connectivity index (χ4v) is 2.82. The van der Waals surface area contributed by atoms with Gasteiger partial charge in [-0.3, -0.25) is 4.98 Å². The highest BCUT2D eigenvalue weighted by Crippen LogP contribution is 2.27. The molecule has 0 radical (unpaired) electrons. The van der Waals surface area contributed by atoms with E-state index in [-0.39, 0.29) is 24.0 Å². The molecule has 0 bridgehead atoms. The summed E-state index contributed by atoms with van der Waals surface area (Å²) in [7, 11) is 1.70. The zero-order valence-electron chi connectivity index (χ0n) is 15.0. The highest BCUT2D eigenvalue weighted by molar-refractivity contribution is 14.0. The Hall–Kier alpha value is -1.08. The van der Waals surface area contributed by atoms with Gasteiger partial charge in [0, 0.05) is 24.2 Å². The number of ether oxygens (including phenoxy) is 1. The molecule has 0 spiro atoms. The average molecular weight is 443 g/mol. The number of aromatic nitrogens is 1. The first-order chi connectivity index (χ1) is 11.3. The van der Waals surface area contributed by atoms with Crippen molar-refractivity contribution in [3.63, 3.8) is 0 Å². The fraction of sp³-hybridized carbons (Fsp3) is 0.526. The molecule has 1 aromatic carbocycles. The molecule has 0 atom stereocenters. The Morgan fingerprint density at radius 1 is 1.12 bits per heavy atom. The Labute approximate surface area is 163 Å². The molecule has 4 nitrogen and oxygen atoms in total. The molecule has 0 unspecified atom stereocenters. The number of hydrogen-bond acceptors (Lipinski definition) is 4. The second kappa shape index (κ2) is 11.5. The van der Waals surface area contributed by atoms with E-state index >= 15 is 0 Å². The third-order valence-electron chi connectivity index (χ3n) is 4.28. The maximum absolute atomic E-state index is 5.39. The lowest BCUT2D eigenvalue weighted by Crippen LogP contribution is -2.23. The number of nitrogens with zero attached hydrogens (tertiary/aromatic N) is 2. The largest absolute Gasteiger partial charge is 0.497 e. The second-order valence-electron chi connectivity index (χ2n) is 5.76. The molecule has 0 aliphatic carbocycles. The fourth-order valence-electron chi connectivity index (χ4n) is 2.82. The summed E-state index contributed by atoms with van der Waals surface area (Å²) < 4.78 is 5.39. The third-order valence-corrected chi connectivity index (χ3v) is 4.28. The average Bonchev–Trinajstić information content (AvgIpc) is 2.60. The zero-order chi connectivity index (χ0) is 16.5. The van der Waals surface area contributed by atoms with Gasteiger partial charge in [0.1, 0.15) is 5.75 Å². The van der Waals surface area contributed by atoms with E-state index in [1.54, 1.807) is 7.11 Å². The number of halogens is 1. The first-order valence-electron chi connectivity index (χ1n) is 8.67. The highest BCUT2D eigenvalue weighted by Gasteiger charge is 2.05. The van der Waals surface area contributed by atoms with Crippen LogP contribution in [0, 0.1) is 0 Å². The van der Waals surface area contributed by atoms with Crippen molar-refractivity contribution in [1.29, 1.82) is 0 Å². The van der Waals surface area contributed by atoms with Crippen molar-refractivity contribution in [2.75, 3.05) is 38.6 Å². The summed E-state index contributed by atoms with van der Waals surface area (Å²) in [4.78, 5) is 6.97. The lowest BCUT2D eigenvalue weighted by atomic mass is 10.1. The molecule has 1 aromatic heterocycles. The van der Waals surface area contributed by atoms with Gasteiger partial charge < -0.3 is 15.0 Å². The molecular formula is C19H30IN3O. The topological polar surface area (TPSA) is 37.4 Å². The minimum Gasteiger partial charge on any atom is -0.497 e. The second-order valence-corrected chi connectivity index (χ2v) is 5.76. The monoisotopic (exact) mass is 443 g/mol. The predicted molar refractivity (Wildman–Crippen MR) is 114 cm³/mol. The molecule has 2 aromatic rings. The van der Waals surface area contributed by atoms with E-state index < -0.39 is 0 Å². The summed E-state index contributed by atoms with van der Waals surface area (Å²) in [6.07, 6.45) is 5.52. The van der Waals surface area contributed by atoms with Crippen LogP contribution in [0.1, 0.15) is 33.1 Å². The summed E-state index contributed by atoms with van der Waals surface area (Å²) in [5.41, 5.74) is 2.07. The number of benzene rings is 1. The van der Waals surface area contributed by atoms with Crippen LogP contribution in [0.5, 0.6) is 5.75 Å². The number of fused-ring (bicyclic) bond motifs is 1. The van der Waals surface area contributed by atoms with Crippen molar-refractivity contribution < 1.29 is 4.74 Å². The van der Waals surface area contributed by atoms with Gasteiger partial charge in [-0.2, -0.15) is 0 Å².